The van der Waals surface area contributed by atoms with Gasteiger partial charge in [0, 0.05) is 0 Å². The molecule has 0 unspecified atom stereocenters. The van der Waals surface area contributed by atoms with Crippen LogP contribution in [0.15, 0.2) is 0 Å². The second kappa shape index (κ2) is 5.78. The van der Waals surface area contributed by atoms with Gasteiger partial charge in [0.2, 0.25) is 0 Å². The van der Waals surface area contributed by atoms with Crippen LogP contribution in [-0.2, 0) is 13.1 Å². The van der Waals surface area contributed by atoms with Crippen molar-refractivity contribution in [1.29, 1.82) is 0 Å². The molecule has 1 aliphatic carbocycles. The first-order valence-corrected chi connectivity index (χ1v) is 7.05. The Morgan fingerprint density at radius 1 is 1.33 bits per heavy atom. The van der Waals surface area contributed by atoms with Gasteiger partial charge in [-0.25, -0.2) is 4.68 Å². The summed E-state index contributed by atoms with van der Waals surface area (Å²) in [6.07, 6.45) is 5.29. The third-order valence-corrected chi connectivity index (χ3v) is 3.78. The molecule has 18 heavy (non-hydrogen) atoms. The minimum absolute atomic E-state index is 0.391. The topological polar surface area (TPSA) is 55.6 Å². The largest absolute Gasteiger partial charge is 0.310 e. The second-order valence-corrected chi connectivity index (χ2v) is 6.30. The van der Waals surface area contributed by atoms with Crippen LogP contribution in [0, 0.1) is 11.3 Å². The van der Waals surface area contributed by atoms with Crippen molar-refractivity contribution in [3.05, 3.63) is 5.82 Å². The summed E-state index contributed by atoms with van der Waals surface area (Å²) in [5.74, 6) is 1.62. The lowest BCUT2D eigenvalue weighted by atomic mass is 9.89. The highest BCUT2D eigenvalue weighted by Crippen LogP contribution is 2.38. The van der Waals surface area contributed by atoms with E-state index in [2.05, 4.69) is 41.6 Å². The predicted molar refractivity (Wildman–Crippen MR) is 70.9 cm³/mol. The zero-order chi connectivity index (χ0) is 13.0. The maximum absolute atomic E-state index is 4.14. The van der Waals surface area contributed by atoms with Crippen molar-refractivity contribution in [2.24, 2.45) is 11.3 Å². The van der Waals surface area contributed by atoms with Gasteiger partial charge in [-0.1, -0.05) is 33.6 Å². The smallest absolute Gasteiger partial charge is 0.165 e. The average molecular weight is 251 g/mol. The maximum atomic E-state index is 4.14. The monoisotopic (exact) mass is 251 g/mol. The second-order valence-electron chi connectivity index (χ2n) is 6.30. The van der Waals surface area contributed by atoms with Gasteiger partial charge in [-0.15, -0.1) is 5.10 Å². The molecule has 0 saturated heterocycles. The minimum atomic E-state index is 0.391. The summed E-state index contributed by atoms with van der Waals surface area (Å²) >= 11 is 0. The molecule has 1 aliphatic rings. The molecule has 1 aromatic heterocycles. The Balaban J connectivity index is 1.90. The van der Waals surface area contributed by atoms with Gasteiger partial charge in [0.15, 0.2) is 5.82 Å². The van der Waals surface area contributed by atoms with Gasteiger partial charge >= 0.3 is 0 Å². The summed E-state index contributed by atoms with van der Waals surface area (Å²) in [6, 6.07) is 0. The number of nitrogens with one attached hydrogen (secondary N) is 1. The van der Waals surface area contributed by atoms with Crippen LogP contribution in [0.1, 0.15) is 52.3 Å². The molecule has 0 aromatic carbocycles. The van der Waals surface area contributed by atoms with E-state index >= 15 is 0 Å². The summed E-state index contributed by atoms with van der Waals surface area (Å²) in [6.45, 7) is 9.49. The predicted octanol–water partition coefficient (Wildman–Crippen LogP) is 2.00. The van der Waals surface area contributed by atoms with Gasteiger partial charge in [0.1, 0.15) is 0 Å². The lowest BCUT2D eigenvalue weighted by molar-refractivity contribution is 0.260. The van der Waals surface area contributed by atoms with E-state index in [-0.39, 0.29) is 0 Å². The average Bonchev–Trinajstić information content (AvgIpc) is 2.89. The van der Waals surface area contributed by atoms with E-state index in [9.17, 15) is 0 Å². The van der Waals surface area contributed by atoms with E-state index in [1.807, 2.05) is 4.68 Å². The van der Waals surface area contributed by atoms with Crippen LogP contribution in [0.3, 0.4) is 0 Å². The first kappa shape index (κ1) is 13.5. The molecule has 0 aliphatic heterocycles. The van der Waals surface area contributed by atoms with Gasteiger partial charge in [-0.3, -0.25) is 0 Å². The third kappa shape index (κ3) is 3.51. The van der Waals surface area contributed by atoms with Crippen molar-refractivity contribution in [1.82, 2.24) is 25.5 Å². The van der Waals surface area contributed by atoms with Crippen molar-refractivity contribution in [3.63, 3.8) is 0 Å². The van der Waals surface area contributed by atoms with E-state index in [1.165, 1.54) is 25.7 Å². The number of rotatable bonds is 6. The van der Waals surface area contributed by atoms with Gasteiger partial charge < -0.3 is 5.32 Å². The molecule has 5 heteroatoms. The molecule has 1 saturated carbocycles. The fourth-order valence-corrected chi connectivity index (χ4v) is 2.69. The Labute approximate surface area is 109 Å². The molecule has 1 N–H and O–H groups in total. The van der Waals surface area contributed by atoms with E-state index in [1.54, 1.807) is 0 Å². The number of hydrogen-bond acceptors (Lipinski definition) is 4. The van der Waals surface area contributed by atoms with Crippen LogP contribution in [0.5, 0.6) is 0 Å². The number of hydrogen-bond donors (Lipinski definition) is 1. The van der Waals surface area contributed by atoms with Crippen LogP contribution in [0.4, 0.5) is 0 Å². The molecule has 0 radical (unpaired) electrons. The van der Waals surface area contributed by atoms with Crippen LogP contribution in [0.2, 0.25) is 0 Å². The summed E-state index contributed by atoms with van der Waals surface area (Å²) in [4.78, 5) is 0. The standard InChI is InChI=1S/C13H25N5/c1-11(2)8-14-9-12-15-16-17-18(12)10-13(3)6-4-5-7-13/h11,14H,4-10H2,1-3H3. The van der Waals surface area contributed by atoms with Crippen molar-refractivity contribution < 1.29 is 0 Å². The molecule has 102 valence electrons. The molecular weight excluding hydrogens is 226 g/mol. The normalized spacial score (nSPS) is 18.7. The van der Waals surface area contributed by atoms with Crippen LogP contribution in [0.25, 0.3) is 0 Å². The molecule has 2 rings (SSSR count). The number of aromatic nitrogens is 4. The molecular formula is C13H25N5. The lowest BCUT2D eigenvalue weighted by Crippen LogP contribution is -2.26. The van der Waals surface area contributed by atoms with Crippen molar-refractivity contribution in [2.45, 2.75) is 59.5 Å². The van der Waals surface area contributed by atoms with Gasteiger partial charge in [-0.2, -0.15) is 0 Å². The molecule has 5 nitrogen and oxygen atoms in total. The Hall–Kier alpha value is -0.970. The molecule has 1 aromatic rings. The van der Waals surface area contributed by atoms with Crippen molar-refractivity contribution >= 4 is 0 Å². The Kier molecular flexibility index (Phi) is 4.32. The zero-order valence-electron chi connectivity index (χ0n) is 11.8. The number of nitrogens with zero attached hydrogens (tertiary/aromatic N) is 4. The summed E-state index contributed by atoms with van der Waals surface area (Å²) < 4.78 is 1.98. The first-order valence-electron chi connectivity index (χ1n) is 7.05. The fraction of sp³-hybridized carbons (Fsp3) is 0.923. The molecule has 1 heterocycles. The lowest BCUT2D eigenvalue weighted by Gasteiger charge is -2.23. The minimum Gasteiger partial charge on any atom is -0.310 e. The van der Waals surface area contributed by atoms with E-state index in [0.717, 1.165) is 25.5 Å². The van der Waals surface area contributed by atoms with E-state index < -0.39 is 0 Å². The van der Waals surface area contributed by atoms with Crippen LogP contribution in [-0.4, -0.2) is 26.8 Å². The first-order chi connectivity index (χ1) is 8.59. The Morgan fingerprint density at radius 2 is 2.06 bits per heavy atom. The van der Waals surface area contributed by atoms with Crippen LogP contribution >= 0.6 is 0 Å². The van der Waals surface area contributed by atoms with Crippen LogP contribution < -0.4 is 5.32 Å². The summed E-state index contributed by atoms with van der Waals surface area (Å²) in [5.41, 5.74) is 0.391. The molecule has 0 bridgehead atoms. The highest BCUT2D eigenvalue weighted by molar-refractivity contribution is 4.86. The number of tetrazole rings is 1. The van der Waals surface area contributed by atoms with E-state index in [0.29, 0.717) is 11.3 Å². The summed E-state index contributed by atoms with van der Waals surface area (Å²) in [7, 11) is 0. The maximum Gasteiger partial charge on any atom is 0.165 e. The van der Waals surface area contributed by atoms with Gasteiger partial charge in [-0.05, 0) is 41.1 Å². The molecule has 0 spiro atoms. The molecule has 1 fully saturated rings. The van der Waals surface area contributed by atoms with E-state index in [4.69, 9.17) is 0 Å². The SMILES string of the molecule is CC(C)CNCc1nnnn1CC1(C)CCCC1. The van der Waals surface area contributed by atoms with Crippen molar-refractivity contribution in [2.75, 3.05) is 6.54 Å². The highest BCUT2D eigenvalue weighted by atomic mass is 15.5. The summed E-state index contributed by atoms with van der Waals surface area (Å²) in [5, 5.41) is 15.5. The zero-order valence-corrected chi connectivity index (χ0v) is 11.8. The van der Waals surface area contributed by atoms with Gasteiger partial charge in [0.05, 0.1) is 13.1 Å². The Bertz CT molecular complexity index is 365. The third-order valence-electron chi connectivity index (χ3n) is 3.78. The fourth-order valence-electron chi connectivity index (χ4n) is 2.69. The van der Waals surface area contributed by atoms with Crippen molar-refractivity contribution in [3.8, 4) is 0 Å². The quantitative estimate of drug-likeness (QED) is 0.840. The molecule has 0 amide bonds. The molecule has 0 atom stereocenters. The Morgan fingerprint density at radius 3 is 2.72 bits per heavy atom. The van der Waals surface area contributed by atoms with Gasteiger partial charge in [0.25, 0.3) is 0 Å². The highest BCUT2D eigenvalue weighted by Gasteiger charge is 2.30.